The van der Waals surface area contributed by atoms with Crippen molar-refractivity contribution in [1.29, 1.82) is 5.26 Å². The third-order valence-corrected chi connectivity index (χ3v) is 3.71. The van der Waals surface area contributed by atoms with E-state index in [1.54, 1.807) is 20.8 Å². The van der Waals surface area contributed by atoms with Crippen LogP contribution in [-0.2, 0) is 12.7 Å². The lowest BCUT2D eigenvalue weighted by molar-refractivity contribution is -0.137. The maximum absolute atomic E-state index is 13.0. The molecule has 2 N–H and O–H groups in total. The molecule has 0 spiro atoms. The zero-order chi connectivity index (χ0) is 19.5. The first-order valence-corrected chi connectivity index (χ1v) is 8.03. The molecule has 0 radical (unpaired) electrons. The van der Waals surface area contributed by atoms with Crippen LogP contribution < -0.4 is 10.6 Å². The summed E-state index contributed by atoms with van der Waals surface area (Å²) in [6.07, 6.45) is -2.48. The van der Waals surface area contributed by atoms with Gasteiger partial charge < -0.3 is 10.6 Å². The van der Waals surface area contributed by atoms with Gasteiger partial charge in [-0.25, -0.2) is 4.98 Å². The molecule has 0 saturated heterocycles. The number of rotatable bonds is 6. The van der Waals surface area contributed by atoms with Crippen LogP contribution in [0.4, 0.5) is 30.6 Å². The van der Waals surface area contributed by atoms with Crippen LogP contribution in [0.5, 0.6) is 0 Å². The molecule has 0 amide bonds. The molecular formula is C15H17ClF3N7. The molecule has 26 heavy (non-hydrogen) atoms. The van der Waals surface area contributed by atoms with Gasteiger partial charge in [0.25, 0.3) is 0 Å². The standard InChI is InChI=1S/C15H17ClF3N7/c1-4-21-12-9(15(17,18)19)5-22-13(25-12)24-10-6-23-26(11(10)16)8-14(2,3)7-20/h5-6H,4,8H2,1-3H3,(H2,21,22,24,25). The van der Waals surface area contributed by atoms with Crippen molar-refractivity contribution in [3.8, 4) is 6.07 Å². The molecule has 2 aromatic rings. The minimum Gasteiger partial charge on any atom is -0.370 e. The molecule has 7 nitrogen and oxygen atoms in total. The van der Waals surface area contributed by atoms with Gasteiger partial charge in [-0.2, -0.15) is 28.5 Å². The highest BCUT2D eigenvalue weighted by atomic mass is 35.5. The van der Waals surface area contributed by atoms with E-state index in [0.717, 1.165) is 0 Å². The summed E-state index contributed by atoms with van der Waals surface area (Å²) in [4.78, 5) is 7.56. The minimum absolute atomic E-state index is 0.0602. The lowest BCUT2D eigenvalue weighted by Gasteiger charge is -2.15. The van der Waals surface area contributed by atoms with Crippen LogP contribution in [0.3, 0.4) is 0 Å². The highest BCUT2D eigenvalue weighted by Crippen LogP contribution is 2.34. The Bertz CT molecular complexity index is 824. The normalized spacial score (nSPS) is 11.9. The number of aromatic nitrogens is 4. The van der Waals surface area contributed by atoms with Crippen LogP contribution in [0.25, 0.3) is 0 Å². The molecule has 0 aliphatic rings. The first kappa shape index (κ1) is 19.8. The number of nitriles is 1. The summed E-state index contributed by atoms with van der Waals surface area (Å²) in [5, 5.41) is 18.7. The van der Waals surface area contributed by atoms with E-state index in [1.807, 2.05) is 0 Å². The zero-order valence-electron chi connectivity index (χ0n) is 14.3. The SMILES string of the molecule is CCNc1nc(Nc2cnn(CC(C)(C)C#N)c2Cl)ncc1C(F)(F)F. The second kappa shape index (κ2) is 7.37. The number of anilines is 3. The van der Waals surface area contributed by atoms with Gasteiger partial charge in [-0.1, -0.05) is 11.6 Å². The van der Waals surface area contributed by atoms with Crippen molar-refractivity contribution in [2.45, 2.75) is 33.5 Å². The second-order valence-corrected chi connectivity index (χ2v) is 6.47. The smallest absolute Gasteiger partial charge is 0.370 e. The molecule has 2 heterocycles. The Kier molecular flexibility index (Phi) is 5.61. The van der Waals surface area contributed by atoms with E-state index >= 15 is 0 Å². The van der Waals surface area contributed by atoms with Crippen molar-refractivity contribution < 1.29 is 13.2 Å². The van der Waals surface area contributed by atoms with E-state index in [9.17, 15) is 13.2 Å². The first-order chi connectivity index (χ1) is 12.1. The average molecular weight is 388 g/mol. The van der Waals surface area contributed by atoms with Gasteiger partial charge in [-0.3, -0.25) is 4.68 Å². The topological polar surface area (TPSA) is 91.5 Å². The Labute approximate surface area is 153 Å². The van der Waals surface area contributed by atoms with Gasteiger partial charge in [0, 0.05) is 12.7 Å². The molecule has 0 aliphatic heterocycles. The molecule has 0 unspecified atom stereocenters. The van der Waals surface area contributed by atoms with Crippen LogP contribution in [0.2, 0.25) is 5.15 Å². The third-order valence-electron chi connectivity index (χ3n) is 3.31. The predicted molar refractivity (Wildman–Crippen MR) is 91.1 cm³/mol. The molecule has 0 atom stereocenters. The van der Waals surface area contributed by atoms with Crippen molar-refractivity contribution in [2.75, 3.05) is 17.2 Å². The van der Waals surface area contributed by atoms with Crippen LogP contribution in [-0.4, -0.2) is 26.3 Å². The number of nitrogens with zero attached hydrogens (tertiary/aromatic N) is 5. The summed E-state index contributed by atoms with van der Waals surface area (Å²) < 4.78 is 40.4. The highest BCUT2D eigenvalue weighted by molar-refractivity contribution is 6.32. The van der Waals surface area contributed by atoms with E-state index in [2.05, 4.69) is 31.8 Å². The Morgan fingerprint density at radius 1 is 1.31 bits per heavy atom. The molecule has 0 aliphatic carbocycles. The van der Waals surface area contributed by atoms with Crippen molar-refractivity contribution in [1.82, 2.24) is 19.7 Å². The molecular weight excluding hydrogens is 371 g/mol. The van der Waals surface area contributed by atoms with Gasteiger partial charge in [0.05, 0.1) is 29.9 Å². The predicted octanol–water partition coefficient (Wildman–Crippen LogP) is 4.07. The maximum Gasteiger partial charge on any atom is 0.421 e. The summed E-state index contributed by atoms with van der Waals surface area (Å²) in [7, 11) is 0. The van der Waals surface area contributed by atoms with Crippen LogP contribution in [0, 0.1) is 16.7 Å². The van der Waals surface area contributed by atoms with Gasteiger partial charge in [0.2, 0.25) is 5.95 Å². The molecule has 2 aromatic heterocycles. The molecule has 0 fully saturated rings. The fourth-order valence-corrected chi connectivity index (χ4v) is 2.25. The molecule has 0 bridgehead atoms. The number of hydrogen-bond acceptors (Lipinski definition) is 6. The van der Waals surface area contributed by atoms with Crippen molar-refractivity contribution in [2.24, 2.45) is 5.41 Å². The summed E-state index contributed by atoms with van der Waals surface area (Å²) in [5.74, 6) is -0.387. The zero-order valence-corrected chi connectivity index (χ0v) is 15.1. The summed E-state index contributed by atoms with van der Waals surface area (Å²) >= 11 is 6.22. The molecule has 0 aromatic carbocycles. The number of alkyl halides is 3. The van der Waals surface area contributed by atoms with Crippen LogP contribution in [0.1, 0.15) is 26.3 Å². The fourth-order valence-electron chi connectivity index (χ4n) is 2.05. The fraction of sp³-hybridized carbons (Fsp3) is 0.467. The van der Waals surface area contributed by atoms with Gasteiger partial charge >= 0.3 is 6.18 Å². The average Bonchev–Trinajstić information content (AvgIpc) is 2.87. The Morgan fingerprint density at radius 3 is 2.58 bits per heavy atom. The largest absolute Gasteiger partial charge is 0.421 e. The second-order valence-electron chi connectivity index (χ2n) is 6.11. The highest BCUT2D eigenvalue weighted by Gasteiger charge is 2.35. The van der Waals surface area contributed by atoms with Crippen molar-refractivity contribution in [3.05, 3.63) is 23.1 Å². The van der Waals surface area contributed by atoms with E-state index in [4.69, 9.17) is 16.9 Å². The van der Waals surface area contributed by atoms with Crippen molar-refractivity contribution >= 4 is 29.1 Å². The lowest BCUT2D eigenvalue weighted by atomic mass is 9.96. The minimum atomic E-state index is -4.57. The number of halogens is 4. The van der Waals surface area contributed by atoms with E-state index in [0.29, 0.717) is 11.9 Å². The first-order valence-electron chi connectivity index (χ1n) is 7.65. The van der Waals surface area contributed by atoms with Crippen LogP contribution in [0.15, 0.2) is 12.4 Å². The lowest BCUT2D eigenvalue weighted by Crippen LogP contribution is -2.18. The summed E-state index contributed by atoms with van der Waals surface area (Å²) in [6, 6.07) is 2.14. The Balaban J connectivity index is 2.28. The molecule has 11 heteroatoms. The van der Waals surface area contributed by atoms with Gasteiger partial charge in [0.1, 0.15) is 11.4 Å². The summed E-state index contributed by atoms with van der Waals surface area (Å²) in [5.41, 5.74) is -1.32. The Morgan fingerprint density at radius 2 is 2.00 bits per heavy atom. The van der Waals surface area contributed by atoms with Gasteiger partial charge in [-0.15, -0.1) is 0 Å². The molecule has 2 rings (SSSR count). The van der Waals surface area contributed by atoms with E-state index in [1.165, 1.54) is 10.9 Å². The van der Waals surface area contributed by atoms with E-state index in [-0.39, 0.29) is 30.0 Å². The Hall–Kier alpha value is -2.54. The van der Waals surface area contributed by atoms with Gasteiger partial charge in [0.15, 0.2) is 5.15 Å². The molecule has 140 valence electrons. The van der Waals surface area contributed by atoms with E-state index < -0.39 is 17.2 Å². The van der Waals surface area contributed by atoms with Crippen molar-refractivity contribution in [3.63, 3.8) is 0 Å². The maximum atomic E-state index is 13.0. The quantitative estimate of drug-likeness (QED) is 0.776. The number of nitrogens with one attached hydrogen (secondary N) is 2. The number of hydrogen-bond donors (Lipinski definition) is 2. The summed E-state index contributed by atoms with van der Waals surface area (Å²) in [6.45, 7) is 5.65. The third kappa shape index (κ3) is 4.54. The molecule has 0 saturated carbocycles. The van der Waals surface area contributed by atoms with Crippen LogP contribution >= 0.6 is 11.6 Å². The van der Waals surface area contributed by atoms with Gasteiger partial charge in [-0.05, 0) is 20.8 Å². The monoisotopic (exact) mass is 387 g/mol.